The molecule has 29 heavy (non-hydrogen) atoms. The number of nitrogens with zero attached hydrogens (tertiary/aromatic N) is 5. The van der Waals surface area contributed by atoms with Gasteiger partial charge in [0, 0.05) is 25.2 Å². The van der Waals surface area contributed by atoms with Gasteiger partial charge in [0.15, 0.2) is 5.65 Å². The molecule has 6 heteroatoms. The predicted molar refractivity (Wildman–Crippen MR) is 119 cm³/mol. The van der Waals surface area contributed by atoms with Crippen LogP contribution >= 0.6 is 0 Å². The Morgan fingerprint density at radius 2 is 1.83 bits per heavy atom. The first-order valence-electron chi connectivity index (χ1n) is 10.8. The van der Waals surface area contributed by atoms with Gasteiger partial charge in [-0.15, -0.1) is 0 Å². The summed E-state index contributed by atoms with van der Waals surface area (Å²) in [6.07, 6.45) is 3.66. The van der Waals surface area contributed by atoms with E-state index in [4.69, 9.17) is 15.0 Å². The quantitative estimate of drug-likeness (QED) is 0.686. The van der Waals surface area contributed by atoms with Crippen LogP contribution in [0.4, 0.5) is 5.95 Å². The molecule has 2 aromatic heterocycles. The SMILES string of the molecule is Cc1nc(N(C)C(C)C)nc2c1nc(-c1ccccc1)n2CCC1CCNCC1. The van der Waals surface area contributed by atoms with Crippen molar-refractivity contribution in [2.75, 3.05) is 25.0 Å². The molecule has 3 aromatic rings. The van der Waals surface area contributed by atoms with Crippen molar-refractivity contribution < 1.29 is 0 Å². The third-order valence-corrected chi connectivity index (χ3v) is 6.10. The van der Waals surface area contributed by atoms with Crippen LogP contribution < -0.4 is 10.2 Å². The van der Waals surface area contributed by atoms with Gasteiger partial charge < -0.3 is 14.8 Å². The monoisotopic (exact) mass is 392 g/mol. The highest BCUT2D eigenvalue weighted by molar-refractivity contribution is 5.80. The summed E-state index contributed by atoms with van der Waals surface area (Å²) in [5.41, 5.74) is 3.94. The maximum Gasteiger partial charge on any atom is 0.227 e. The fourth-order valence-corrected chi connectivity index (χ4v) is 4.01. The molecule has 6 nitrogen and oxygen atoms in total. The molecule has 0 unspecified atom stereocenters. The highest BCUT2D eigenvalue weighted by Gasteiger charge is 2.21. The van der Waals surface area contributed by atoms with Crippen molar-refractivity contribution in [3.05, 3.63) is 36.0 Å². The molecule has 3 heterocycles. The topological polar surface area (TPSA) is 58.9 Å². The Hall–Kier alpha value is -2.47. The molecule has 1 aliphatic heterocycles. The molecular weight excluding hydrogens is 360 g/mol. The van der Waals surface area contributed by atoms with E-state index < -0.39 is 0 Å². The molecule has 0 bridgehead atoms. The summed E-state index contributed by atoms with van der Waals surface area (Å²) in [4.78, 5) is 16.8. The zero-order valence-corrected chi connectivity index (χ0v) is 18.0. The maximum atomic E-state index is 5.00. The van der Waals surface area contributed by atoms with E-state index in [2.05, 4.69) is 59.9 Å². The van der Waals surface area contributed by atoms with E-state index >= 15 is 0 Å². The van der Waals surface area contributed by atoms with Crippen molar-refractivity contribution in [1.82, 2.24) is 24.8 Å². The minimum absolute atomic E-state index is 0.339. The van der Waals surface area contributed by atoms with Gasteiger partial charge in [0.25, 0.3) is 0 Å². The van der Waals surface area contributed by atoms with Gasteiger partial charge in [-0.1, -0.05) is 30.3 Å². The van der Waals surface area contributed by atoms with Crippen LogP contribution in [0.3, 0.4) is 0 Å². The van der Waals surface area contributed by atoms with Gasteiger partial charge in [0.05, 0.1) is 5.69 Å². The molecule has 154 valence electrons. The Kier molecular flexibility index (Phi) is 5.81. The van der Waals surface area contributed by atoms with Crippen molar-refractivity contribution in [3.8, 4) is 11.4 Å². The molecule has 1 aromatic carbocycles. The Bertz CT molecular complexity index is 956. The second-order valence-electron chi connectivity index (χ2n) is 8.42. The fraction of sp³-hybridized carbons (Fsp3) is 0.522. The summed E-state index contributed by atoms with van der Waals surface area (Å²) in [6.45, 7) is 9.56. The average molecular weight is 393 g/mol. The highest BCUT2D eigenvalue weighted by Crippen LogP contribution is 2.28. The number of aryl methyl sites for hydroxylation is 2. The molecule has 0 atom stereocenters. The minimum Gasteiger partial charge on any atom is -0.341 e. The lowest BCUT2D eigenvalue weighted by Gasteiger charge is -2.23. The van der Waals surface area contributed by atoms with Crippen LogP contribution in [0.15, 0.2) is 30.3 Å². The summed E-state index contributed by atoms with van der Waals surface area (Å²) in [5, 5.41) is 3.47. The largest absolute Gasteiger partial charge is 0.341 e. The number of hydrogen-bond donors (Lipinski definition) is 1. The number of fused-ring (bicyclic) bond motifs is 1. The van der Waals surface area contributed by atoms with Gasteiger partial charge in [-0.2, -0.15) is 4.98 Å². The molecule has 0 amide bonds. The Labute approximate surface area is 173 Å². The van der Waals surface area contributed by atoms with Gasteiger partial charge in [0.2, 0.25) is 5.95 Å². The fourth-order valence-electron chi connectivity index (χ4n) is 4.01. The lowest BCUT2D eigenvalue weighted by molar-refractivity contribution is 0.339. The Morgan fingerprint density at radius 3 is 2.52 bits per heavy atom. The van der Waals surface area contributed by atoms with Crippen molar-refractivity contribution in [2.45, 2.75) is 52.6 Å². The van der Waals surface area contributed by atoms with Crippen LogP contribution in [0, 0.1) is 12.8 Å². The van der Waals surface area contributed by atoms with Crippen LogP contribution in [0.5, 0.6) is 0 Å². The predicted octanol–water partition coefficient (Wildman–Crippen LogP) is 4.04. The van der Waals surface area contributed by atoms with E-state index in [9.17, 15) is 0 Å². The smallest absolute Gasteiger partial charge is 0.227 e. The number of imidazole rings is 1. The molecule has 4 rings (SSSR count). The minimum atomic E-state index is 0.339. The summed E-state index contributed by atoms with van der Waals surface area (Å²) in [6, 6.07) is 10.8. The lowest BCUT2D eigenvalue weighted by Crippen LogP contribution is -2.28. The highest BCUT2D eigenvalue weighted by atomic mass is 15.3. The molecular formula is C23H32N6. The summed E-state index contributed by atoms with van der Waals surface area (Å²) in [7, 11) is 2.05. The van der Waals surface area contributed by atoms with E-state index in [-0.39, 0.29) is 0 Å². The summed E-state index contributed by atoms with van der Waals surface area (Å²) >= 11 is 0. The molecule has 0 spiro atoms. The number of hydrogen-bond acceptors (Lipinski definition) is 5. The van der Waals surface area contributed by atoms with E-state index in [0.29, 0.717) is 6.04 Å². The second-order valence-corrected chi connectivity index (χ2v) is 8.42. The third kappa shape index (κ3) is 4.13. The van der Waals surface area contributed by atoms with Gasteiger partial charge in [0.1, 0.15) is 11.3 Å². The van der Waals surface area contributed by atoms with Gasteiger partial charge in [-0.05, 0) is 59.0 Å². The molecule has 1 aliphatic rings. The first kappa shape index (κ1) is 19.8. The number of piperidine rings is 1. The molecule has 0 radical (unpaired) electrons. The lowest BCUT2D eigenvalue weighted by atomic mass is 9.95. The third-order valence-electron chi connectivity index (χ3n) is 6.10. The number of nitrogens with one attached hydrogen (secondary N) is 1. The zero-order valence-electron chi connectivity index (χ0n) is 18.0. The van der Waals surface area contributed by atoms with Crippen molar-refractivity contribution >= 4 is 17.1 Å². The van der Waals surface area contributed by atoms with Crippen LogP contribution in [-0.4, -0.2) is 45.7 Å². The van der Waals surface area contributed by atoms with Crippen LogP contribution in [0.1, 0.15) is 38.8 Å². The van der Waals surface area contributed by atoms with Crippen molar-refractivity contribution in [1.29, 1.82) is 0 Å². The molecule has 0 aliphatic carbocycles. The van der Waals surface area contributed by atoms with E-state index in [1.54, 1.807) is 0 Å². The van der Waals surface area contributed by atoms with E-state index in [1.165, 1.54) is 12.8 Å². The van der Waals surface area contributed by atoms with Gasteiger partial charge >= 0.3 is 0 Å². The van der Waals surface area contributed by atoms with Gasteiger partial charge in [-0.25, -0.2) is 9.97 Å². The van der Waals surface area contributed by atoms with Crippen LogP contribution in [-0.2, 0) is 6.54 Å². The first-order valence-corrected chi connectivity index (χ1v) is 10.8. The molecule has 0 saturated carbocycles. The Balaban J connectivity index is 1.79. The molecule has 1 saturated heterocycles. The Morgan fingerprint density at radius 1 is 1.10 bits per heavy atom. The van der Waals surface area contributed by atoms with Crippen LogP contribution in [0.2, 0.25) is 0 Å². The standard InChI is InChI=1S/C23H32N6/c1-16(2)28(4)23-25-17(3)20-22(27-23)29(15-12-18-10-13-24-14-11-18)21(26-20)19-8-6-5-7-9-19/h5-9,16,18,24H,10-15H2,1-4H3. The zero-order chi connectivity index (χ0) is 20.4. The number of anilines is 1. The van der Waals surface area contributed by atoms with Crippen molar-refractivity contribution in [2.24, 2.45) is 5.92 Å². The number of benzene rings is 1. The van der Waals surface area contributed by atoms with Gasteiger partial charge in [-0.3, -0.25) is 0 Å². The van der Waals surface area contributed by atoms with Crippen molar-refractivity contribution in [3.63, 3.8) is 0 Å². The summed E-state index contributed by atoms with van der Waals surface area (Å²) < 4.78 is 2.32. The number of aromatic nitrogens is 4. The first-order chi connectivity index (χ1) is 14.0. The maximum absolute atomic E-state index is 5.00. The second kappa shape index (κ2) is 8.49. The normalized spacial score (nSPS) is 15.3. The van der Waals surface area contributed by atoms with E-state index in [0.717, 1.165) is 66.2 Å². The number of rotatable bonds is 6. The molecule has 1 N–H and O–H groups in total. The summed E-state index contributed by atoms with van der Waals surface area (Å²) in [5.74, 6) is 2.53. The van der Waals surface area contributed by atoms with Crippen LogP contribution in [0.25, 0.3) is 22.6 Å². The van der Waals surface area contributed by atoms with E-state index in [1.807, 2.05) is 13.0 Å². The molecule has 1 fully saturated rings. The average Bonchev–Trinajstić information content (AvgIpc) is 3.12.